The standard InChI is InChI=1S/C16H17FN4O3/c17-15-11(19-8-3-4-18-6-8)5-12-13(20-15)14(22)10(16(23)24)7-21(12)9-1-2-9/h5,7-9,18-19H,1-4,6H2,(H,23,24). The third-order valence-corrected chi connectivity index (χ3v) is 4.55. The number of halogens is 1. The van der Waals surface area contributed by atoms with Gasteiger partial charge >= 0.3 is 5.97 Å². The summed E-state index contributed by atoms with van der Waals surface area (Å²) in [7, 11) is 0. The van der Waals surface area contributed by atoms with Crippen molar-refractivity contribution in [3.8, 4) is 0 Å². The largest absolute Gasteiger partial charge is 0.477 e. The molecule has 7 nitrogen and oxygen atoms in total. The quantitative estimate of drug-likeness (QED) is 0.731. The first-order valence-electron chi connectivity index (χ1n) is 8.00. The van der Waals surface area contributed by atoms with Crippen molar-refractivity contribution in [2.24, 2.45) is 0 Å². The van der Waals surface area contributed by atoms with Gasteiger partial charge in [0.2, 0.25) is 11.4 Å². The van der Waals surface area contributed by atoms with Gasteiger partial charge in [-0.3, -0.25) is 4.79 Å². The number of hydrogen-bond donors (Lipinski definition) is 3. The zero-order chi connectivity index (χ0) is 16.8. The van der Waals surface area contributed by atoms with E-state index < -0.39 is 17.3 Å². The molecule has 1 atom stereocenters. The smallest absolute Gasteiger partial charge is 0.341 e. The van der Waals surface area contributed by atoms with Crippen LogP contribution in [0.15, 0.2) is 17.1 Å². The number of carboxylic acids is 1. The van der Waals surface area contributed by atoms with Crippen LogP contribution in [0.2, 0.25) is 0 Å². The van der Waals surface area contributed by atoms with Crippen LogP contribution in [-0.4, -0.2) is 39.8 Å². The third kappa shape index (κ3) is 2.52. The van der Waals surface area contributed by atoms with E-state index in [4.69, 9.17) is 0 Å². The van der Waals surface area contributed by atoms with Gasteiger partial charge in [0.25, 0.3) is 0 Å². The summed E-state index contributed by atoms with van der Waals surface area (Å²) in [4.78, 5) is 27.4. The fourth-order valence-electron chi connectivity index (χ4n) is 3.15. The fourth-order valence-corrected chi connectivity index (χ4v) is 3.15. The van der Waals surface area contributed by atoms with Crippen LogP contribution in [0.4, 0.5) is 10.1 Å². The molecule has 0 radical (unpaired) electrons. The second-order valence-electron chi connectivity index (χ2n) is 6.34. The van der Waals surface area contributed by atoms with Gasteiger partial charge in [-0.1, -0.05) is 0 Å². The van der Waals surface area contributed by atoms with Gasteiger partial charge in [0.15, 0.2) is 0 Å². The molecule has 0 amide bonds. The molecule has 2 aliphatic rings. The number of aromatic nitrogens is 2. The average Bonchev–Trinajstić information content (AvgIpc) is 3.26. The summed E-state index contributed by atoms with van der Waals surface area (Å²) in [5.74, 6) is -2.10. The van der Waals surface area contributed by atoms with Crippen molar-refractivity contribution in [2.45, 2.75) is 31.3 Å². The second-order valence-corrected chi connectivity index (χ2v) is 6.34. The minimum atomic E-state index is -1.32. The van der Waals surface area contributed by atoms with E-state index >= 15 is 0 Å². The summed E-state index contributed by atoms with van der Waals surface area (Å²) < 4.78 is 16.1. The maximum absolute atomic E-state index is 14.3. The van der Waals surface area contributed by atoms with Crippen LogP contribution in [0.1, 0.15) is 35.7 Å². The lowest BCUT2D eigenvalue weighted by Gasteiger charge is -2.16. The van der Waals surface area contributed by atoms with Gasteiger partial charge in [-0.15, -0.1) is 0 Å². The molecule has 1 aliphatic carbocycles. The summed E-state index contributed by atoms with van der Waals surface area (Å²) in [5.41, 5.74) is -0.533. The van der Waals surface area contributed by atoms with Crippen LogP contribution < -0.4 is 16.1 Å². The Labute approximate surface area is 136 Å². The summed E-state index contributed by atoms with van der Waals surface area (Å²) in [6.07, 6.45) is 4.05. The van der Waals surface area contributed by atoms with E-state index in [1.165, 1.54) is 6.20 Å². The normalized spacial score (nSPS) is 20.5. The van der Waals surface area contributed by atoms with Gasteiger partial charge in [0, 0.05) is 24.8 Å². The molecule has 0 bridgehead atoms. The predicted octanol–water partition coefficient (Wildman–Crippen LogP) is 1.34. The summed E-state index contributed by atoms with van der Waals surface area (Å²) in [5, 5.41) is 15.5. The second kappa shape index (κ2) is 5.55. The van der Waals surface area contributed by atoms with Gasteiger partial charge in [-0.05, 0) is 31.9 Å². The summed E-state index contributed by atoms with van der Waals surface area (Å²) >= 11 is 0. The molecule has 4 rings (SSSR count). The van der Waals surface area contributed by atoms with E-state index in [1.54, 1.807) is 10.6 Å². The Morgan fingerprint density at radius 2 is 2.21 bits per heavy atom. The van der Waals surface area contributed by atoms with Crippen molar-refractivity contribution in [1.82, 2.24) is 14.9 Å². The fraction of sp³-hybridized carbons (Fsp3) is 0.438. The first kappa shape index (κ1) is 15.1. The van der Waals surface area contributed by atoms with Gasteiger partial charge in [-0.25, -0.2) is 9.78 Å². The lowest BCUT2D eigenvalue weighted by molar-refractivity contribution is 0.0695. The topological polar surface area (TPSA) is 96.2 Å². The molecule has 1 unspecified atom stereocenters. The predicted molar refractivity (Wildman–Crippen MR) is 86.1 cm³/mol. The van der Waals surface area contributed by atoms with Crippen LogP contribution in [0.3, 0.4) is 0 Å². The number of nitrogens with one attached hydrogen (secondary N) is 2. The van der Waals surface area contributed by atoms with E-state index in [-0.39, 0.29) is 28.9 Å². The Hall–Kier alpha value is -2.48. The van der Waals surface area contributed by atoms with E-state index in [2.05, 4.69) is 15.6 Å². The van der Waals surface area contributed by atoms with Crippen LogP contribution in [0.5, 0.6) is 0 Å². The van der Waals surface area contributed by atoms with Crippen molar-refractivity contribution in [2.75, 3.05) is 18.4 Å². The van der Waals surface area contributed by atoms with E-state index in [0.717, 1.165) is 32.4 Å². The lowest BCUT2D eigenvalue weighted by atomic mass is 10.2. The molecular weight excluding hydrogens is 315 g/mol. The highest BCUT2D eigenvalue weighted by molar-refractivity contribution is 5.92. The maximum atomic E-state index is 14.3. The van der Waals surface area contributed by atoms with Gasteiger partial charge < -0.3 is 20.3 Å². The van der Waals surface area contributed by atoms with Gasteiger partial charge in [0.1, 0.15) is 11.1 Å². The average molecular weight is 332 g/mol. The van der Waals surface area contributed by atoms with Crippen LogP contribution in [0, 0.1) is 5.95 Å². The zero-order valence-corrected chi connectivity index (χ0v) is 12.9. The van der Waals surface area contributed by atoms with E-state index in [1.807, 2.05) is 0 Å². The zero-order valence-electron chi connectivity index (χ0n) is 12.9. The van der Waals surface area contributed by atoms with E-state index in [9.17, 15) is 19.1 Å². The number of carbonyl (C=O) groups is 1. The molecule has 2 aromatic heterocycles. The molecular formula is C16H17FN4O3. The SMILES string of the molecule is O=C(O)c1cn(C2CC2)c2cc(NC3CCNC3)c(F)nc2c1=O. The number of aromatic carboxylic acids is 1. The lowest BCUT2D eigenvalue weighted by Crippen LogP contribution is -2.24. The number of anilines is 1. The summed E-state index contributed by atoms with van der Waals surface area (Å²) in [6, 6.07) is 1.82. The molecule has 3 heterocycles. The molecule has 1 saturated carbocycles. The van der Waals surface area contributed by atoms with Crippen molar-refractivity contribution < 1.29 is 14.3 Å². The molecule has 2 fully saturated rings. The van der Waals surface area contributed by atoms with Gasteiger partial charge in [0.05, 0.1) is 11.2 Å². The van der Waals surface area contributed by atoms with Crippen molar-refractivity contribution in [3.05, 3.63) is 34.0 Å². The van der Waals surface area contributed by atoms with E-state index in [0.29, 0.717) is 5.52 Å². The molecule has 1 saturated heterocycles. The molecule has 0 aromatic carbocycles. The van der Waals surface area contributed by atoms with Crippen LogP contribution >= 0.6 is 0 Å². The number of pyridine rings is 2. The highest BCUT2D eigenvalue weighted by Gasteiger charge is 2.28. The van der Waals surface area contributed by atoms with Crippen molar-refractivity contribution in [1.29, 1.82) is 0 Å². The summed E-state index contributed by atoms with van der Waals surface area (Å²) in [6.45, 7) is 1.61. The van der Waals surface area contributed by atoms with Crippen LogP contribution in [0.25, 0.3) is 11.0 Å². The minimum absolute atomic E-state index is 0.109. The number of fused-ring (bicyclic) bond motifs is 1. The molecule has 8 heteroatoms. The molecule has 126 valence electrons. The van der Waals surface area contributed by atoms with Crippen LogP contribution in [-0.2, 0) is 0 Å². The van der Waals surface area contributed by atoms with Crippen molar-refractivity contribution in [3.63, 3.8) is 0 Å². The number of carboxylic acid groups (broad SMARTS) is 1. The van der Waals surface area contributed by atoms with Gasteiger partial charge in [-0.2, -0.15) is 4.39 Å². The Kier molecular flexibility index (Phi) is 3.49. The molecule has 0 spiro atoms. The molecule has 24 heavy (non-hydrogen) atoms. The Balaban J connectivity index is 1.88. The highest BCUT2D eigenvalue weighted by Crippen LogP contribution is 2.37. The Bertz CT molecular complexity index is 885. The minimum Gasteiger partial charge on any atom is -0.477 e. The molecule has 2 aromatic rings. The Morgan fingerprint density at radius 1 is 1.42 bits per heavy atom. The highest BCUT2D eigenvalue weighted by atomic mass is 19.1. The maximum Gasteiger partial charge on any atom is 0.341 e. The first-order chi connectivity index (χ1) is 11.5. The molecule has 1 aliphatic heterocycles. The molecule has 3 N–H and O–H groups in total. The number of rotatable bonds is 4. The first-order valence-corrected chi connectivity index (χ1v) is 8.00. The Morgan fingerprint density at radius 3 is 2.83 bits per heavy atom. The number of nitrogens with zero attached hydrogens (tertiary/aromatic N) is 2. The third-order valence-electron chi connectivity index (χ3n) is 4.55. The number of hydrogen-bond acceptors (Lipinski definition) is 5. The monoisotopic (exact) mass is 332 g/mol. The van der Waals surface area contributed by atoms with Crippen molar-refractivity contribution >= 4 is 22.7 Å².